The van der Waals surface area contributed by atoms with Crippen LogP contribution in [0.25, 0.3) is 0 Å². The standard InChI is InChI=1S/C16H20FNO3/c1-15(2)10-4-5-16(15,3)14(6-10)21-13-8-11(17)7-12(9-13)18(19)20/h7-10,14H,4-6H2,1-3H3. The number of ether oxygens (including phenoxy) is 1. The van der Waals surface area contributed by atoms with Crippen molar-refractivity contribution in [2.24, 2.45) is 16.7 Å². The Morgan fingerprint density at radius 1 is 1.33 bits per heavy atom. The number of hydrogen-bond acceptors (Lipinski definition) is 3. The summed E-state index contributed by atoms with van der Waals surface area (Å²) < 4.78 is 19.5. The highest BCUT2D eigenvalue weighted by molar-refractivity contribution is 5.39. The minimum atomic E-state index is -0.633. The van der Waals surface area contributed by atoms with Crippen molar-refractivity contribution in [2.75, 3.05) is 0 Å². The van der Waals surface area contributed by atoms with Gasteiger partial charge >= 0.3 is 0 Å². The highest BCUT2D eigenvalue weighted by Crippen LogP contribution is 2.66. The summed E-state index contributed by atoms with van der Waals surface area (Å²) in [6, 6.07) is 3.46. The zero-order valence-electron chi connectivity index (χ0n) is 12.6. The van der Waals surface area contributed by atoms with Gasteiger partial charge in [0.25, 0.3) is 5.69 Å². The molecular formula is C16H20FNO3. The maximum Gasteiger partial charge on any atom is 0.276 e. The Morgan fingerprint density at radius 2 is 2.05 bits per heavy atom. The Bertz CT molecular complexity index is 601. The number of non-ortho nitro benzene ring substituents is 1. The van der Waals surface area contributed by atoms with Gasteiger partial charge in [-0.3, -0.25) is 10.1 Å². The topological polar surface area (TPSA) is 52.4 Å². The lowest BCUT2D eigenvalue weighted by Crippen LogP contribution is -2.38. The molecule has 114 valence electrons. The van der Waals surface area contributed by atoms with Gasteiger partial charge in [-0.15, -0.1) is 0 Å². The fraction of sp³-hybridized carbons (Fsp3) is 0.625. The van der Waals surface area contributed by atoms with Crippen LogP contribution in [0, 0.1) is 32.7 Å². The monoisotopic (exact) mass is 293 g/mol. The molecule has 0 aromatic heterocycles. The van der Waals surface area contributed by atoms with Crippen LogP contribution in [-0.2, 0) is 0 Å². The lowest BCUT2D eigenvalue weighted by Gasteiger charge is -2.38. The third kappa shape index (κ3) is 2.01. The van der Waals surface area contributed by atoms with Gasteiger partial charge in [-0.1, -0.05) is 20.8 Å². The first-order valence-corrected chi connectivity index (χ1v) is 7.36. The van der Waals surface area contributed by atoms with E-state index in [9.17, 15) is 14.5 Å². The fourth-order valence-corrected chi connectivity index (χ4v) is 4.19. The summed E-state index contributed by atoms with van der Waals surface area (Å²) in [6.45, 7) is 6.75. The van der Waals surface area contributed by atoms with Crippen LogP contribution in [0.15, 0.2) is 18.2 Å². The van der Waals surface area contributed by atoms with E-state index in [4.69, 9.17) is 4.74 Å². The largest absolute Gasteiger partial charge is 0.489 e. The molecule has 2 aliphatic carbocycles. The van der Waals surface area contributed by atoms with Crippen molar-refractivity contribution < 1.29 is 14.1 Å². The molecule has 0 amide bonds. The van der Waals surface area contributed by atoms with E-state index in [1.807, 2.05) is 0 Å². The van der Waals surface area contributed by atoms with Crippen LogP contribution in [0.1, 0.15) is 40.0 Å². The zero-order valence-corrected chi connectivity index (χ0v) is 12.6. The molecule has 21 heavy (non-hydrogen) atoms. The Morgan fingerprint density at radius 3 is 2.57 bits per heavy atom. The number of rotatable bonds is 3. The maximum atomic E-state index is 13.5. The molecule has 3 rings (SSSR count). The SMILES string of the molecule is CC1(C)C2CCC1(C)C(Oc1cc(F)cc([N+](=O)[O-])c1)C2. The molecule has 5 heteroatoms. The molecule has 0 N–H and O–H groups in total. The van der Waals surface area contributed by atoms with Crippen molar-refractivity contribution in [3.63, 3.8) is 0 Å². The average molecular weight is 293 g/mol. The average Bonchev–Trinajstić information content (AvgIpc) is 2.71. The number of fused-ring (bicyclic) bond motifs is 2. The highest BCUT2D eigenvalue weighted by Gasteiger charge is 2.62. The summed E-state index contributed by atoms with van der Waals surface area (Å²) in [6.07, 6.45) is 3.22. The first-order chi connectivity index (χ1) is 9.74. The van der Waals surface area contributed by atoms with Gasteiger partial charge in [0.2, 0.25) is 0 Å². The molecule has 0 saturated heterocycles. The minimum Gasteiger partial charge on any atom is -0.489 e. The van der Waals surface area contributed by atoms with Gasteiger partial charge in [-0.2, -0.15) is 0 Å². The Labute approximate surface area is 123 Å². The van der Waals surface area contributed by atoms with E-state index >= 15 is 0 Å². The van der Waals surface area contributed by atoms with Crippen LogP contribution in [0.2, 0.25) is 0 Å². The van der Waals surface area contributed by atoms with Crippen molar-refractivity contribution in [3.05, 3.63) is 34.1 Å². The van der Waals surface area contributed by atoms with Gasteiger partial charge in [-0.05, 0) is 30.6 Å². The molecule has 1 aromatic carbocycles. The number of nitro groups is 1. The van der Waals surface area contributed by atoms with Crippen molar-refractivity contribution in [1.82, 2.24) is 0 Å². The number of nitro benzene ring substituents is 1. The normalized spacial score (nSPS) is 33.1. The van der Waals surface area contributed by atoms with Gasteiger partial charge in [0.1, 0.15) is 17.7 Å². The van der Waals surface area contributed by atoms with Gasteiger partial charge in [0.05, 0.1) is 17.1 Å². The van der Waals surface area contributed by atoms with Crippen LogP contribution < -0.4 is 4.74 Å². The molecule has 0 heterocycles. The van der Waals surface area contributed by atoms with Gasteiger partial charge in [0, 0.05) is 11.5 Å². The number of halogens is 1. The Kier molecular flexibility index (Phi) is 3.01. The van der Waals surface area contributed by atoms with Crippen molar-refractivity contribution in [3.8, 4) is 5.75 Å². The third-order valence-electron chi connectivity index (χ3n) is 6.06. The van der Waals surface area contributed by atoms with E-state index in [0.717, 1.165) is 18.9 Å². The number of nitrogens with zero attached hydrogens (tertiary/aromatic N) is 1. The smallest absolute Gasteiger partial charge is 0.276 e. The molecule has 3 atom stereocenters. The molecule has 2 bridgehead atoms. The van der Waals surface area contributed by atoms with E-state index in [0.29, 0.717) is 5.92 Å². The third-order valence-corrected chi connectivity index (χ3v) is 6.06. The molecule has 3 unspecified atom stereocenters. The minimum absolute atomic E-state index is 0.00680. The molecule has 1 aromatic rings. The fourth-order valence-electron chi connectivity index (χ4n) is 4.19. The predicted octanol–water partition coefficient (Wildman–Crippen LogP) is 4.33. The first-order valence-electron chi connectivity index (χ1n) is 7.36. The van der Waals surface area contributed by atoms with E-state index in [-0.39, 0.29) is 28.4 Å². The summed E-state index contributed by atoms with van der Waals surface area (Å²) in [7, 11) is 0. The predicted molar refractivity (Wildman–Crippen MR) is 76.7 cm³/mol. The molecule has 4 nitrogen and oxygen atoms in total. The van der Waals surface area contributed by atoms with Gasteiger partial charge in [0.15, 0.2) is 0 Å². The van der Waals surface area contributed by atoms with Crippen LogP contribution in [0.4, 0.5) is 10.1 Å². The summed E-state index contributed by atoms with van der Waals surface area (Å²) in [5.41, 5.74) is -0.0343. The maximum absolute atomic E-state index is 13.5. The summed E-state index contributed by atoms with van der Waals surface area (Å²) in [5, 5.41) is 10.8. The Balaban J connectivity index is 1.87. The highest BCUT2D eigenvalue weighted by atomic mass is 19.1. The second-order valence-electron chi connectivity index (χ2n) is 7.12. The quantitative estimate of drug-likeness (QED) is 0.615. The molecule has 2 fully saturated rings. The summed E-state index contributed by atoms with van der Waals surface area (Å²) >= 11 is 0. The van der Waals surface area contributed by atoms with Gasteiger partial charge in [-0.25, -0.2) is 4.39 Å². The second kappa shape index (κ2) is 4.42. The number of hydrogen-bond donors (Lipinski definition) is 0. The van der Waals surface area contributed by atoms with E-state index in [2.05, 4.69) is 20.8 Å². The van der Waals surface area contributed by atoms with E-state index in [1.165, 1.54) is 18.6 Å². The first kappa shape index (κ1) is 14.3. The van der Waals surface area contributed by atoms with Crippen LogP contribution >= 0.6 is 0 Å². The van der Waals surface area contributed by atoms with Crippen molar-refractivity contribution in [2.45, 2.75) is 46.1 Å². The second-order valence-corrected chi connectivity index (χ2v) is 7.12. The molecule has 0 spiro atoms. The van der Waals surface area contributed by atoms with Gasteiger partial charge < -0.3 is 4.74 Å². The number of benzene rings is 1. The molecular weight excluding hydrogens is 273 g/mol. The zero-order chi connectivity index (χ0) is 15.4. The van der Waals surface area contributed by atoms with Crippen LogP contribution in [-0.4, -0.2) is 11.0 Å². The van der Waals surface area contributed by atoms with Crippen molar-refractivity contribution >= 4 is 5.69 Å². The molecule has 0 radical (unpaired) electrons. The Hall–Kier alpha value is -1.65. The van der Waals surface area contributed by atoms with E-state index in [1.54, 1.807) is 0 Å². The van der Waals surface area contributed by atoms with Crippen LogP contribution in [0.3, 0.4) is 0 Å². The van der Waals surface area contributed by atoms with Crippen LogP contribution in [0.5, 0.6) is 5.75 Å². The summed E-state index contributed by atoms with van der Waals surface area (Å²) in [5.74, 6) is 0.235. The molecule has 2 aliphatic rings. The lowest BCUT2D eigenvalue weighted by atomic mass is 9.70. The molecule has 0 aliphatic heterocycles. The lowest BCUT2D eigenvalue weighted by molar-refractivity contribution is -0.385. The van der Waals surface area contributed by atoms with E-state index < -0.39 is 10.7 Å². The summed E-state index contributed by atoms with van der Waals surface area (Å²) in [4.78, 5) is 10.2. The molecule has 2 saturated carbocycles. The van der Waals surface area contributed by atoms with Crippen molar-refractivity contribution in [1.29, 1.82) is 0 Å².